The molecule has 0 aliphatic heterocycles. The molecule has 25 heavy (non-hydrogen) atoms. The number of anilines is 1. The molecule has 0 radical (unpaired) electrons. The van der Waals surface area contributed by atoms with Crippen molar-refractivity contribution >= 4 is 28.3 Å². The number of carbonyl (C=O) groups is 1. The number of carbonyl (C=O) groups excluding carboxylic acids is 1. The number of fused-ring (bicyclic) bond motifs is 1. The maximum atomic E-state index is 12.1. The van der Waals surface area contributed by atoms with Gasteiger partial charge in [0.15, 0.2) is 0 Å². The minimum Gasteiger partial charge on any atom is -0.365 e. The van der Waals surface area contributed by atoms with Crippen LogP contribution in [0.3, 0.4) is 0 Å². The molecule has 1 aromatic heterocycles. The molecule has 0 spiro atoms. The van der Waals surface area contributed by atoms with Gasteiger partial charge in [-0.15, -0.1) is 0 Å². The highest BCUT2D eigenvalue weighted by molar-refractivity contribution is 6.11. The van der Waals surface area contributed by atoms with Crippen LogP contribution in [0.4, 0.5) is 11.5 Å². The van der Waals surface area contributed by atoms with Crippen molar-refractivity contribution in [3.05, 3.63) is 39.4 Å². The smallest absolute Gasteiger partial charge is 0.324 e. The van der Waals surface area contributed by atoms with Gasteiger partial charge in [-0.2, -0.15) is 0 Å². The van der Waals surface area contributed by atoms with Crippen molar-refractivity contribution in [2.24, 2.45) is 5.73 Å². The van der Waals surface area contributed by atoms with Gasteiger partial charge in [0.1, 0.15) is 5.56 Å². The van der Waals surface area contributed by atoms with E-state index in [1.54, 1.807) is 6.07 Å². The van der Waals surface area contributed by atoms with E-state index >= 15 is 0 Å². The second kappa shape index (κ2) is 8.41. The Labute approximate surface area is 146 Å². The van der Waals surface area contributed by atoms with E-state index < -0.39 is 10.8 Å². The van der Waals surface area contributed by atoms with Crippen molar-refractivity contribution in [3.63, 3.8) is 0 Å². The fourth-order valence-electron chi connectivity index (χ4n) is 2.88. The van der Waals surface area contributed by atoms with Gasteiger partial charge in [-0.25, -0.2) is 4.98 Å². The molecule has 0 unspecified atom stereocenters. The Morgan fingerprint density at radius 3 is 2.60 bits per heavy atom. The molecule has 0 fully saturated rings. The predicted molar refractivity (Wildman–Crippen MR) is 98.9 cm³/mol. The lowest BCUT2D eigenvalue weighted by atomic mass is 9.97. The molecular weight excluding hydrogens is 320 g/mol. The second-order valence-corrected chi connectivity index (χ2v) is 6.00. The van der Waals surface area contributed by atoms with Crippen LogP contribution in [0.1, 0.15) is 55.5 Å². The Kier molecular flexibility index (Phi) is 6.27. The van der Waals surface area contributed by atoms with Gasteiger partial charge in [-0.05, 0) is 30.9 Å². The Balaban J connectivity index is 2.73. The lowest BCUT2D eigenvalue weighted by Crippen LogP contribution is -2.17. The first-order chi connectivity index (χ1) is 12.0. The summed E-state index contributed by atoms with van der Waals surface area (Å²) in [7, 11) is 0. The minimum absolute atomic E-state index is 0.0549. The van der Waals surface area contributed by atoms with Gasteiger partial charge >= 0.3 is 5.69 Å². The molecule has 7 nitrogen and oxygen atoms in total. The fourth-order valence-corrected chi connectivity index (χ4v) is 2.88. The van der Waals surface area contributed by atoms with Crippen LogP contribution in [0.25, 0.3) is 10.9 Å². The SMILES string of the molecule is CCCCNc1nc2cccc(CCCC)c2c(C(N)=O)c1[N+](=O)[O-]. The molecule has 7 heteroatoms. The van der Waals surface area contributed by atoms with Gasteiger partial charge in [0.25, 0.3) is 5.91 Å². The topological polar surface area (TPSA) is 111 Å². The molecule has 2 rings (SSSR count). The van der Waals surface area contributed by atoms with Crippen LogP contribution < -0.4 is 11.1 Å². The Hall–Kier alpha value is -2.70. The third-order valence-electron chi connectivity index (χ3n) is 4.12. The van der Waals surface area contributed by atoms with E-state index in [9.17, 15) is 14.9 Å². The predicted octanol–water partition coefficient (Wildman–Crippen LogP) is 3.80. The zero-order chi connectivity index (χ0) is 18.4. The first-order valence-corrected chi connectivity index (χ1v) is 8.64. The number of aromatic nitrogens is 1. The number of rotatable bonds is 9. The van der Waals surface area contributed by atoms with Crippen LogP contribution in [0.5, 0.6) is 0 Å². The average Bonchev–Trinajstić information content (AvgIpc) is 2.58. The molecule has 134 valence electrons. The first-order valence-electron chi connectivity index (χ1n) is 8.64. The number of pyridine rings is 1. The summed E-state index contributed by atoms with van der Waals surface area (Å²) in [5.74, 6) is -0.700. The molecule has 0 atom stereocenters. The summed E-state index contributed by atoms with van der Waals surface area (Å²) in [6, 6.07) is 5.48. The zero-order valence-electron chi connectivity index (χ0n) is 14.7. The van der Waals surface area contributed by atoms with Crippen LogP contribution in [0, 0.1) is 10.1 Å². The van der Waals surface area contributed by atoms with E-state index in [-0.39, 0.29) is 17.1 Å². The summed E-state index contributed by atoms with van der Waals surface area (Å²) in [5.41, 5.74) is 6.57. The molecule has 0 saturated carbocycles. The van der Waals surface area contributed by atoms with E-state index in [4.69, 9.17) is 5.73 Å². The normalized spacial score (nSPS) is 10.8. The van der Waals surface area contributed by atoms with Gasteiger partial charge in [0.05, 0.1) is 10.4 Å². The van der Waals surface area contributed by atoms with Crippen molar-refractivity contribution in [3.8, 4) is 0 Å². The largest absolute Gasteiger partial charge is 0.365 e. The molecule has 2 aromatic rings. The van der Waals surface area contributed by atoms with Crippen molar-refractivity contribution < 1.29 is 9.72 Å². The zero-order valence-corrected chi connectivity index (χ0v) is 14.7. The number of amides is 1. The number of nitrogens with two attached hydrogens (primary N) is 1. The van der Waals surface area contributed by atoms with Crippen LogP contribution in [0.15, 0.2) is 18.2 Å². The van der Waals surface area contributed by atoms with E-state index in [2.05, 4.69) is 17.2 Å². The Morgan fingerprint density at radius 2 is 2.00 bits per heavy atom. The molecule has 1 aromatic carbocycles. The molecule has 1 amide bonds. The molecule has 0 aliphatic rings. The summed E-state index contributed by atoms with van der Waals surface area (Å²) in [4.78, 5) is 27.6. The van der Waals surface area contributed by atoms with Gasteiger partial charge in [0.2, 0.25) is 5.82 Å². The number of hydrogen-bond donors (Lipinski definition) is 2. The number of nitro groups is 1. The summed E-state index contributed by atoms with van der Waals surface area (Å²) in [6.07, 6.45) is 4.41. The highest BCUT2D eigenvalue weighted by atomic mass is 16.6. The number of nitrogens with zero attached hydrogens (tertiary/aromatic N) is 2. The van der Waals surface area contributed by atoms with Crippen molar-refractivity contribution in [2.75, 3.05) is 11.9 Å². The van der Waals surface area contributed by atoms with Gasteiger partial charge in [-0.3, -0.25) is 14.9 Å². The van der Waals surface area contributed by atoms with Crippen molar-refractivity contribution in [1.29, 1.82) is 0 Å². The summed E-state index contributed by atoms with van der Waals surface area (Å²) < 4.78 is 0. The molecule has 0 aliphatic carbocycles. The van der Waals surface area contributed by atoms with E-state index in [0.29, 0.717) is 17.4 Å². The molecule has 3 N–H and O–H groups in total. The Morgan fingerprint density at radius 1 is 1.28 bits per heavy atom. The van der Waals surface area contributed by atoms with Gasteiger partial charge < -0.3 is 11.1 Å². The number of unbranched alkanes of at least 4 members (excludes halogenated alkanes) is 2. The molecular formula is C18H24N4O3. The summed E-state index contributed by atoms with van der Waals surface area (Å²) >= 11 is 0. The van der Waals surface area contributed by atoms with Crippen molar-refractivity contribution in [1.82, 2.24) is 4.98 Å². The van der Waals surface area contributed by atoms with Crippen LogP contribution >= 0.6 is 0 Å². The minimum atomic E-state index is -0.804. The molecule has 0 bridgehead atoms. The summed E-state index contributed by atoms with van der Waals surface area (Å²) in [6.45, 7) is 4.64. The third-order valence-corrected chi connectivity index (χ3v) is 4.12. The van der Waals surface area contributed by atoms with E-state index in [1.165, 1.54) is 0 Å². The number of benzene rings is 1. The molecule has 0 saturated heterocycles. The number of primary amides is 1. The lowest BCUT2D eigenvalue weighted by Gasteiger charge is -2.13. The fraction of sp³-hybridized carbons (Fsp3) is 0.444. The average molecular weight is 344 g/mol. The van der Waals surface area contributed by atoms with E-state index in [0.717, 1.165) is 37.7 Å². The second-order valence-electron chi connectivity index (χ2n) is 6.00. The van der Waals surface area contributed by atoms with Crippen LogP contribution in [0.2, 0.25) is 0 Å². The standard InChI is InChI=1S/C18H24N4O3/c1-3-5-8-12-9-7-10-13-14(12)15(17(19)23)16(22(24)25)18(21-13)20-11-6-4-2/h7,9-10H,3-6,8,11H2,1-2H3,(H2,19,23)(H,20,21). The highest BCUT2D eigenvalue weighted by Gasteiger charge is 2.29. The monoisotopic (exact) mass is 344 g/mol. The maximum absolute atomic E-state index is 12.1. The highest BCUT2D eigenvalue weighted by Crippen LogP contribution is 2.35. The number of hydrogen-bond acceptors (Lipinski definition) is 5. The number of aryl methyl sites for hydroxylation is 1. The van der Waals surface area contributed by atoms with Crippen LogP contribution in [-0.2, 0) is 6.42 Å². The van der Waals surface area contributed by atoms with E-state index in [1.807, 2.05) is 19.1 Å². The maximum Gasteiger partial charge on any atom is 0.324 e. The van der Waals surface area contributed by atoms with Gasteiger partial charge in [-0.1, -0.05) is 38.8 Å². The quantitative estimate of drug-likeness (QED) is 0.408. The van der Waals surface area contributed by atoms with Crippen LogP contribution in [-0.4, -0.2) is 22.4 Å². The lowest BCUT2D eigenvalue weighted by molar-refractivity contribution is -0.384. The summed E-state index contributed by atoms with van der Waals surface area (Å²) in [5, 5.41) is 15.1. The third kappa shape index (κ3) is 4.04. The number of nitrogens with one attached hydrogen (secondary N) is 1. The first kappa shape index (κ1) is 18.6. The molecule has 1 heterocycles. The van der Waals surface area contributed by atoms with Crippen molar-refractivity contribution in [2.45, 2.75) is 46.0 Å². The van der Waals surface area contributed by atoms with Gasteiger partial charge in [0, 0.05) is 11.9 Å². The Bertz CT molecular complexity index is 789.